The van der Waals surface area contributed by atoms with Crippen LogP contribution in [-0.4, -0.2) is 59.1 Å². The molecule has 0 amide bonds. The Balaban J connectivity index is 0.00000341. The van der Waals surface area contributed by atoms with Crippen LogP contribution < -0.4 is 25.0 Å². The number of benzene rings is 2. The average Bonchev–Trinajstić information content (AvgIpc) is 2.80. The minimum Gasteiger partial charge on any atom is -0.497 e. The Hall–Kier alpha value is -2.20. The maximum Gasteiger partial charge on any atom is 0.191 e. The molecule has 2 aromatic rings. The first-order chi connectivity index (χ1) is 14.7. The highest BCUT2D eigenvalue weighted by Crippen LogP contribution is 2.20. The zero-order chi connectivity index (χ0) is 21.2. The number of hydrogen-bond donors (Lipinski definition) is 2. The Morgan fingerprint density at radius 2 is 1.81 bits per heavy atom. The molecule has 1 saturated heterocycles. The number of methoxy groups -OCH3 is 1. The van der Waals surface area contributed by atoms with E-state index in [1.165, 1.54) is 11.3 Å². The van der Waals surface area contributed by atoms with Gasteiger partial charge in [-0.2, -0.15) is 0 Å². The van der Waals surface area contributed by atoms with E-state index in [2.05, 4.69) is 44.8 Å². The van der Waals surface area contributed by atoms with Crippen molar-refractivity contribution in [3.8, 4) is 11.5 Å². The van der Waals surface area contributed by atoms with E-state index in [0.29, 0.717) is 13.1 Å². The van der Waals surface area contributed by atoms with E-state index in [1.807, 2.05) is 31.2 Å². The first kappa shape index (κ1) is 25.1. The second kappa shape index (κ2) is 13.3. The van der Waals surface area contributed by atoms with E-state index in [0.717, 1.165) is 43.8 Å². The number of anilines is 1. The molecular formula is C23H33IN4O3. The maximum absolute atomic E-state index is 5.95. The number of nitrogens with one attached hydrogen (secondary N) is 2. The SMILES string of the molecule is CN=C(NCc1ccc(N2CCOCC2)cc1)NCC(C)Oc1cccc(OC)c1.I. The molecule has 0 spiro atoms. The van der Waals surface area contributed by atoms with E-state index in [1.54, 1.807) is 14.2 Å². The molecular weight excluding hydrogens is 507 g/mol. The number of aliphatic imine (C=N–C) groups is 1. The third-order valence-electron chi connectivity index (χ3n) is 4.93. The molecule has 1 unspecified atom stereocenters. The minimum atomic E-state index is -0.0246. The minimum absolute atomic E-state index is 0. The molecule has 0 saturated carbocycles. The van der Waals surface area contributed by atoms with Gasteiger partial charge in [0.1, 0.15) is 17.6 Å². The first-order valence-electron chi connectivity index (χ1n) is 10.3. The van der Waals surface area contributed by atoms with Gasteiger partial charge in [-0.05, 0) is 36.8 Å². The summed E-state index contributed by atoms with van der Waals surface area (Å²) >= 11 is 0. The van der Waals surface area contributed by atoms with Gasteiger partial charge in [0.25, 0.3) is 0 Å². The number of rotatable bonds is 8. The van der Waals surface area contributed by atoms with Gasteiger partial charge < -0.3 is 29.7 Å². The second-order valence-electron chi connectivity index (χ2n) is 7.18. The normalized spacial score (nSPS) is 14.9. The molecule has 2 aromatic carbocycles. The number of nitrogens with zero attached hydrogens (tertiary/aromatic N) is 2. The van der Waals surface area contributed by atoms with Crippen LogP contribution in [0.1, 0.15) is 12.5 Å². The molecule has 8 heteroatoms. The van der Waals surface area contributed by atoms with Gasteiger partial charge in [0.2, 0.25) is 0 Å². The first-order valence-corrected chi connectivity index (χ1v) is 10.3. The Morgan fingerprint density at radius 3 is 2.48 bits per heavy atom. The Kier molecular flexibility index (Phi) is 10.7. The van der Waals surface area contributed by atoms with Crippen molar-refractivity contribution in [2.24, 2.45) is 4.99 Å². The van der Waals surface area contributed by atoms with Crippen molar-refractivity contribution in [1.82, 2.24) is 10.6 Å². The fourth-order valence-corrected chi connectivity index (χ4v) is 3.24. The highest BCUT2D eigenvalue weighted by Gasteiger charge is 2.11. The highest BCUT2D eigenvalue weighted by atomic mass is 127. The third-order valence-corrected chi connectivity index (χ3v) is 4.93. The molecule has 1 atom stereocenters. The van der Waals surface area contributed by atoms with Gasteiger partial charge in [0.05, 0.1) is 26.9 Å². The fraction of sp³-hybridized carbons (Fsp3) is 0.435. The van der Waals surface area contributed by atoms with E-state index in [9.17, 15) is 0 Å². The lowest BCUT2D eigenvalue weighted by Crippen LogP contribution is -2.41. The van der Waals surface area contributed by atoms with Crippen molar-refractivity contribution < 1.29 is 14.2 Å². The average molecular weight is 540 g/mol. The van der Waals surface area contributed by atoms with Crippen LogP contribution in [0.5, 0.6) is 11.5 Å². The van der Waals surface area contributed by atoms with Crippen molar-refractivity contribution in [2.75, 3.05) is 51.9 Å². The maximum atomic E-state index is 5.95. The molecule has 170 valence electrons. The zero-order valence-corrected chi connectivity index (χ0v) is 20.8. The number of guanidine groups is 1. The number of hydrogen-bond acceptors (Lipinski definition) is 5. The largest absolute Gasteiger partial charge is 0.497 e. The summed E-state index contributed by atoms with van der Waals surface area (Å²) in [5, 5.41) is 6.66. The van der Waals surface area contributed by atoms with Gasteiger partial charge in [-0.1, -0.05) is 18.2 Å². The van der Waals surface area contributed by atoms with Gasteiger partial charge >= 0.3 is 0 Å². The molecule has 1 aliphatic rings. The Bertz CT molecular complexity index is 811. The van der Waals surface area contributed by atoms with E-state index < -0.39 is 0 Å². The predicted octanol–water partition coefficient (Wildman–Crippen LogP) is 3.28. The van der Waals surface area contributed by atoms with Gasteiger partial charge in [-0.3, -0.25) is 4.99 Å². The topological polar surface area (TPSA) is 67.4 Å². The van der Waals surface area contributed by atoms with Crippen LogP contribution in [0.15, 0.2) is 53.5 Å². The number of morpholine rings is 1. The van der Waals surface area contributed by atoms with Crippen LogP contribution in [0, 0.1) is 0 Å². The Morgan fingerprint density at radius 1 is 1.10 bits per heavy atom. The lowest BCUT2D eigenvalue weighted by Gasteiger charge is -2.29. The summed E-state index contributed by atoms with van der Waals surface area (Å²) in [4.78, 5) is 6.65. The lowest BCUT2D eigenvalue weighted by atomic mass is 10.2. The number of halogens is 1. The van der Waals surface area contributed by atoms with Crippen molar-refractivity contribution >= 4 is 35.6 Å². The van der Waals surface area contributed by atoms with Crippen molar-refractivity contribution in [1.29, 1.82) is 0 Å². The standard InChI is InChI=1S/C23H32N4O3.HI/c1-18(30-22-6-4-5-21(15-22)28-3)16-25-23(24-2)26-17-19-7-9-20(10-8-19)27-11-13-29-14-12-27;/h4-10,15,18H,11-14,16-17H2,1-3H3,(H2,24,25,26);1H. The molecule has 0 aromatic heterocycles. The van der Waals surface area contributed by atoms with Crippen LogP contribution in [0.2, 0.25) is 0 Å². The Labute approximate surface area is 202 Å². The van der Waals surface area contributed by atoms with Crippen molar-refractivity contribution in [2.45, 2.75) is 19.6 Å². The van der Waals surface area contributed by atoms with Crippen LogP contribution in [0.25, 0.3) is 0 Å². The van der Waals surface area contributed by atoms with Crippen LogP contribution in [0.3, 0.4) is 0 Å². The van der Waals surface area contributed by atoms with Crippen LogP contribution in [0.4, 0.5) is 5.69 Å². The molecule has 1 heterocycles. The molecule has 31 heavy (non-hydrogen) atoms. The van der Waals surface area contributed by atoms with Gasteiger partial charge in [-0.15, -0.1) is 24.0 Å². The summed E-state index contributed by atoms with van der Waals surface area (Å²) in [6.07, 6.45) is -0.0246. The van der Waals surface area contributed by atoms with Crippen molar-refractivity contribution in [3.05, 3.63) is 54.1 Å². The highest BCUT2D eigenvalue weighted by molar-refractivity contribution is 14.0. The van der Waals surface area contributed by atoms with Crippen LogP contribution in [-0.2, 0) is 11.3 Å². The zero-order valence-electron chi connectivity index (χ0n) is 18.5. The van der Waals surface area contributed by atoms with Crippen LogP contribution >= 0.6 is 24.0 Å². The second-order valence-corrected chi connectivity index (χ2v) is 7.18. The van der Waals surface area contributed by atoms with Gasteiger partial charge in [-0.25, -0.2) is 0 Å². The summed E-state index contributed by atoms with van der Waals surface area (Å²) in [5.74, 6) is 2.31. The summed E-state index contributed by atoms with van der Waals surface area (Å²) in [6, 6.07) is 16.3. The summed E-state index contributed by atoms with van der Waals surface area (Å²) in [6.45, 7) is 6.84. The summed E-state index contributed by atoms with van der Waals surface area (Å²) in [5.41, 5.74) is 2.45. The van der Waals surface area contributed by atoms with Crippen molar-refractivity contribution in [3.63, 3.8) is 0 Å². The molecule has 0 aliphatic carbocycles. The van der Waals surface area contributed by atoms with E-state index >= 15 is 0 Å². The smallest absolute Gasteiger partial charge is 0.191 e. The molecule has 7 nitrogen and oxygen atoms in total. The monoisotopic (exact) mass is 540 g/mol. The molecule has 0 bridgehead atoms. The quantitative estimate of drug-likeness (QED) is 0.305. The molecule has 1 aliphatic heterocycles. The molecule has 1 fully saturated rings. The fourth-order valence-electron chi connectivity index (χ4n) is 3.24. The lowest BCUT2D eigenvalue weighted by molar-refractivity contribution is 0.122. The summed E-state index contributed by atoms with van der Waals surface area (Å²) in [7, 11) is 3.42. The van der Waals surface area contributed by atoms with E-state index in [-0.39, 0.29) is 30.1 Å². The molecule has 3 rings (SSSR count). The molecule has 2 N–H and O–H groups in total. The predicted molar refractivity (Wildman–Crippen MR) is 136 cm³/mol. The molecule has 0 radical (unpaired) electrons. The van der Waals surface area contributed by atoms with E-state index in [4.69, 9.17) is 14.2 Å². The van der Waals surface area contributed by atoms with Gasteiger partial charge in [0, 0.05) is 38.4 Å². The third kappa shape index (κ3) is 8.10. The summed E-state index contributed by atoms with van der Waals surface area (Å²) < 4.78 is 16.6. The number of ether oxygens (including phenoxy) is 3. The van der Waals surface area contributed by atoms with Gasteiger partial charge in [0.15, 0.2) is 5.96 Å².